The molecule has 228 valence electrons. The van der Waals surface area contributed by atoms with E-state index in [-0.39, 0.29) is 0 Å². The van der Waals surface area contributed by atoms with Crippen LogP contribution in [-0.2, 0) is 0 Å². The Bertz CT molecular complexity index is 2480. The minimum Gasteiger partial charge on any atom is -0.386 e. The summed E-state index contributed by atoms with van der Waals surface area (Å²) in [5.74, 6) is 0. The molecule has 1 aliphatic rings. The number of fused-ring (bicyclic) bond motifs is 2. The number of dihydropyridines is 1. The van der Waals surface area contributed by atoms with E-state index in [0.29, 0.717) is 0 Å². The van der Waals surface area contributed by atoms with Crippen molar-refractivity contribution in [3.63, 3.8) is 0 Å². The molecule has 0 bridgehead atoms. The maximum absolute atomic E-state index is 4.73. The van der Waals surface area contributed by atoms with Gasteiger partial charge in [-0.2, -0.15) is 0 Å². The third-order valence-electron chi connectivity index (χ3n) is 9.03. The molecule has 3 aromatic heterocycles. The predicted octanol–water partition coefficient (Wildman–Crippen LogP) is 11.0. The normalized spacial score (nSPS) is 12.9. The number of hydrogen-bond acceptors (Lipinski definition) is 6. The second kappa shape index (κ2) is 12.2. The van der Waals surface area contributed by atoms with Gasteiger partial charge in [-0.25, -0.2) is 9.97 Å². The van der Waals surface area contributed by atoms with E-state index in [1.807, 2.05) is 23.4 Å². The van der Waals surface area contributed by atoms with E-state index in [1.165, 1.54) is 60.5 Å². The van der Waals surface area contributed by atoms with Gasteiger partial charge in [0, 0.05) is 52.6 Å². The molecule has 1 N–H and O–H groups in total. The van der Waals surface area contributed by atoms with Gasteiger partial charge in [-0.15, -0.1) is 22.7 Å². The summed E-state index contributed by atoms with van der Waals surface area (Å²) in [4.78, 5) is 13.9. The molecular formula is C42H28N4S2. The number of benzene rings is 5. The first-order chi connectivity index (χ1) is 23.8. The lowest BCUT2D eigenvalue weighted by molar-refractivity contribution is 0.991. The van der Waals surface area contributed by atoms with Gasteiger partial charge in [-0.3, -0.25) is 4.98 Å². The van der Waals surface area contributed by atoms with E-state index in [9.17, 15) is 0 Å². The molecule has 4 nitrogen and oxygen atoms in total. The summed E-state index contributed by atoms with van der Waals surface area (Å²) in [7, 11) is 0. The van der Waals surface area contributed by atoms with Crippen LogP contribution in [0.1, 0.15) is 11.3 Å². The summed E-state index contributed by atoms with van der Waals surface area (Å²) in [6.07, 6.45) is 8.27. The summed E-state index contributed by atoms with van der Waals surface area (Å²) in [5, 5.41) is 12.5. The van der Waals surface area contributed by atoms with Crippen LogP contribution in [-0.4, -0.2) is 21.5 Å². The third-order valence-corrected chi connectivity index (χ3v) is 10.2. The maximum Gasteiger partial charge on any atom is 0.0826 e. The summed E-state index contributed by atoms with van der Waals surface area (Å²) < 4.78 is 0. The van der Waals surface area contributed by atoms with Crippen molar-refractivity contribution >= 4 is 55.4 Å². The number of pyridine rings is 1. The Kier molecular flexibility index (Phi) is 7.22. The highest BCUT2D eigenvalue weighted by Gasteiger charge is 2.21. The molecule has 0 amide bonds. The van der Waals surface area contributed by atoms with Crippen molar-refractivity contribution in [1.29, 1.82) is 0 Å². The van der Waals surface area contributed by atoms with Crippen molar-refractivity contribution in [3.8, 4) is 44.6 Å². The van der Waals surface area contributed by atoms with Gasteiger partial charge in [0.15, 0.2) is 0 Å². The number of hydrogen-bond donors (Lipinski definition) is 1. The van der Waals surface area contributed by atoms with Crippen LogP contribution < -0.4 is 5.32 Å². The zero-order chi connectivity index (χ0) is 31.9. The van der Waals surface area contributed by atoms with Crippen LogP contribution in [0.25, 0.3) is 77.3 Å². The molecule has 5 aromatic carbocycles. The summed E-state index contributed by atoms with van der Waals surface area (Å²) in [6, 6.07) is 37.4. The standard InChI is InChI=1S/C42H28N4S2/c1-2-6-27(7-3-1)28-10-12-29(13-11-28)30-14-15-37-38(18-30)42(34-17-32(20-44-22-34)40-24-48-26-46-40)36-9-5-4-8-35(36)41(37)33-16-31(19-43-21-33)39-23-47-25-45-39/h1-20,22-26,43H,21H2. The number of nitrogens with one attached hydrogen (secondary N) is 1. The Morgan fingerprint density at radius 3 is 1.90 bits per heavy atom. The van der Waals surface area contributed by atoms with E-state index < -0.39 is 0 Å². The van der Waals surface area contributed by atoms with Gasteiger partial charge in [0.25, 0.3) is 0 Å². The summed E-state index contributed by atoms with van der Waals surface area (Å²) in [6.45, 7) is 0.732. The summed E-state index contributed by atoms with van der Waals surface area (Å²) >= 11 is 3.21. The highest BCUT2D eigenvalue weighted by atomic mass is 32.1. The molecule has 0 spiro atoms. The molecule has 9 rings (SSSR count). The first-order valence-electron chi connectivity index (χ1n) is 15.8. The second-order valence-electron chi connectivity index (χ2n) is 11.9. The molecule has 0 saturated heterocycles. The number of aromatic nitrogens is 3. The van der Waals surface area contributed by atoms with Gasteiger partial charge in [0.1, 0.15) is 0 Å². The first-order valence-corrected chi connectivity index (χ1v) is 17.7. The molecule has 48 heavy (non-hydrogen) atoms. The van der Waals surface area contributed by atoms with Crippen LogP contribution in [0.3, 0.4) is 0 Å². The Balaban J connectivity index is 1.29. The van der Waals surface area contributed by atoms with Crippen LogP contribution in [0.4, 0.5) is 0 Å². The van der Waals surface area contributed by atoms with Gasteiger partial charge in [-0.1, -0.05) is 91.0 Å². The van der Waals surface area contributed by atoms with Crippen LogP contribution >= 0.6 is 22.7 Å². The van der Waals surface area contributed by atoms with Gasteiger partial charge in [-0.05, 0) is 78.7 Å². The van der Waals surface area contributed by atoms with Crippen molar-refractivity contribution in [1.82, 2.24) is 20.3 Å². The SMILES string of the molecule is C1=C(c2cscn2)C=C(c2c3ccccc3c(-c3cncc(-c4cscn4)c3)c3cc(-c4ccc(-c5ccccc5)cc4)ccc23)CN1. The zero-order valence-corrected chi connectivity index (χ0v) is 27.4. The Hall–Kier alpha value is -5.69. The Morgan fingerprint density at radius 1 is 0.521 bits per heavy atom. The van der Waals surface area contributed by atoms with Crippen molar-refractivity contribution in [2.24, 2.45) is 0 Å². The molecule has 0 aliphatic carbocycles. The highest BCUT2D eigenvalue weighted by Crippen LogP contribution is 2.44. The molecular weight excluding hydrogens is 625 g/mol. The third kappa shape index (κ3) is 5.12. The largest absolute Gasteiger partial charge is 0.386 e. The van der Waals surface area contributed by atoms with Crippen LogP contribution in [0.2, 0.25) is 0 Å². The predicted molar refractivity (Wildman–Crippen MR) is 203 cm³/mol. The Labute approximate surface area is 286 Å². The number of rotatable bonds is 6. The van der Waals surface area contributed by atoms with Crippen LogP contribution in [0.15, 0.2) is 150 Å². The quantitative estimate of drug-likeness (QED) is 0.182. The fourth-order valence-corrected chi connectivity index (χ4v) is 7.91. The van der Waals surface area contributed by atoms with E-state index in [1.54, 1.807) is 22.7 Å². The van der Waals surface area contributed by atoms with Gasteiger partial charge >= 0.3 is 0 Å². The van der Waals surface area contributed by atoms with E-state index in [0.717, 1.165) is 34.6 Å². The van der Waals surface area contributed by atoms with Crippen LogP contribution in [0, 0.1) is 0 Å². The maximum atomic E-state index is 4.73. The lowest BCUT2D eigenvalue weighted by atomic mass is 9.84. The topological polar surface area (TPSA) is 50.7 Å². The number of thiazole rings is 2. The van der Waals surface area contributed by atoms with E-state index in [2.05, 4.69) is 141 Å². The lowest BCUT2D eigenvalue weighted by Crippen LogP contribution is -2.14. The monoisotopic (exact) mass is 652 g/mol. The van der Waals surface area contributed by atoms with E-state index in [4.69, 9.17) is 4.98 Å². The van der Waals surface area contributed by atoms with Crippen molar-refractivity contribution in [3.05, 3.63) is 161 Å². The molecule has 0 fully saturated rings. The molecule has 0 atom stereocenters. The van der Waals surface area contributed by atoms with Gasteiger partial charge < -0.3 is 5.32 Å². The first kappa shape index (κ1) is 28.5. The molecule has 6 heteroatoms. The van der Waals surface area contributed by atoms with E-state index >= 15 is 0 Å². The highest BCUT2D eigenvalue weighted by molar-refractivity contribution is 7.08. The second-order valence-corrected chi connectivity index (χ2v) is 13.3. The van der Waals surface area contributed by atoms with Crippen molar-refractivity contribution in [2.45, 2.75) is 0 Å². The Morgan fingerprint density at radius 2 is 1.15 bits per heavy atom. The van der Waals surface area contributed by atoms with Crippen molar-refractivity contribution < 1.29 is 0 Å². The molecule has 8 aromatic rings. The molecule has 0 saturated carbocycles. The lowest BCUT2D eigenvalue weighted by Gasteiger charge is -2.22. The van der Waals surface area contributed by atoms with Gasteiger partial charge in [0.05, 0.1) is 22.4 Å². The molecule has 1 aliphatic heterocycles. The minimum absolute atomic E-state index is 0.732. The molecule has 0 radical (unpaired) electrons. The van der Waals surface area contributed by atoms with Crippen molar-refractivity contribution in [2.75, 3.05) is 6.54 Å². The smallest absolute Gasteiger partial charge is 0.0826 e. The molecule has 4 heterocycles. The fraction of sp³-hybridized carbons (Fsp3) is 0.0238. The molecule has 0 unspecified atom stereocenters. The van der Waals surface area contributed by atoms with Gasteiger partial charge in [0.2, 0.25) is 0 Å². The summed E-state index contributed by atoms with van der Waals surface area (Å²) in [5.41, 5.74) is 17.3. The zero-order valence-electron chi connectivity index (χ0n) is 25.8. The van der Waals surface area contributed by atoms with Crippen LogP contribution in [0.5, 0.6) is 0 Å². The number of allylic oxidation sites excluding steroid dienone is 2. The average Bonchev–Trinajstić information content (AvgIpc) is 3.90. The fourth-order valence-electron chi connectivity index (χ4n) is 6.79. The number of nitrogens with zero attached hydrogens (tertiary/aromatic N) is 3. The average molecular weight is 653 g/mol. The minimum atomic E-state index is 0.732.